The van der Waals surface area contributed by atoms with Crippen LogP contribution in [-0.4, -0.2) is 30.1 Å². The number of fused-ring (bicyclic) bond motifs is 2. The number of benzene rings is 2. The molecule has 2 aromatic rings. The number of ether oxygens (including phenoxy) is 1. The zero-order valence-electron chi connectivity index (χ0n) is 15.6. The molecule has 0 spiro atoms. The molecule has 2 unspecified atom stereocenters. The van der Waals surface area contributed by atoms with E-state index >= 15 is 0 Å². The summed E-state index contributed by atoms with van der Waals surface area (Å²) in [5.41, 5.74) is 0.392. The van der Waals surface area contributed by atoms with Crippen LogP contribution < -0.4 is 0 Å². The predicted octanol–water partition coefficient (Wildman–Crippen LogP) is 5.58. The summed E-state index contributed by atoms with van der Waals surface area (Å²) in [6, 6.07) is 12.0. The Hall–Kier alpha value is -1.92. The summed E-state index contributed by atoms with van der Waals surface area (Å²) in [6.07, 6.45) is -1.12. The molecule has 4 rings (SSSR count). The van der Waals surface area contributed by atoms with Crippen molar-refractivity contribution in [3.05, 3.63) is 71.0 Å². The maximum Gasteiger partial charge on any atom is 0.416 e. The Bertz CT molecular complexity index is 806. The highest BCUT2D eigenvalue weighted by atomic mass is 19.4. The number of nitrogens with zero attached hydrogens (tertiary/aromatic N) is 1. The molecule has 0 aromatic heterocycles. The van der Waals surface area contributed by atoms with E-state index in [-0.39, 0.29) is 11.9 Å². The molecule has 0 radical (unpaired) electrons. The van der Waals surface area contributed by atoms with Gasteiger partial charge in [-0.2, -0.15) is 13.2 Å². The average Bonchev–Trinajstić information content (AvgIpc) is 2.88. The first-order chi connectivity index (χ1) is 13.3. The summed E-state index contributed by atoms with van der Waals surface area (Å²) < 4.78 is 59.4. The van der Waals surface area contributed by atoms with E-state index in [1.165, 1.54) is 18.2 Å². The Balaban J connectivity index is 1.64. The molecule has 0 N–H and O–H groups in total. The molecule has 2 saturated heterocycles. The van der Waals surface area contributed by atoms with Gasteiger partial charge in [-0.25, -0.2) is 4.39 Å². The molecular formula is C22H23F4NO. The van der Waals surface area contributed by atoms with E-state index in [9.17, 15) is 17.6 Å². The van der Waals surface area contributed by atoms with Crippen LogP contribution in [0.1, 0.15) is 48.5 Å². The average molecular weight is 393 g/mol. The number of alkyl halides is 3. The predicted molar refractivity (Wildman–Crippen MR) is 98.4 cm³/mol. The molecule has 2 aliphatic heterocycles. The number of halogens is 4. The van der Waals surface area contributed by atoms with Gasteiger partial charge in [0.25, 0.3) is 0 Å². The fourth-order valence-electron chi connectivity index (χ4n) is 4.53. The quantitative estimate of drug-likeness (QED) is 0.629. The Morgan fingerprint density at radius 1 is 0.964 bits per heavy atom. The first-order valence-electron chi connectivity index (χ1n) is 9.61. The normalized spacial score (nSPS) is 26.4. The van der Waals surface area contributed by atoms with E-state index in [4.69, 9.17) is 4.74 Å². The van der Waals surface area contributed by atoms with E-state index in [1.807, 2.05) is 0 Å². The SMILES string of the molecule is CN1[C@@H]2CC[C@H]1CC(OC(c1ccc(F)cc1)c1cccc(C(F)(F)F)c1)C2. The lowest BCUT2D eigenvalue weighted by Crippen LogP contribution is -2.43. The van der Waals surface area contributed by atoms with Crippen molar-refractivity contribution in [1.82, 2.24) is 4.90 Å². The van der Waals surface area contributed by atoms with Crippen LogP contribution in [0.5, 0.6) is 0 Å². The third kappa shape index (κ3) is 3.94. The van der Waals surface area contributed by atoms with Crippen LogP contribution in [0.4, 0.5) is 17.6 Å². The van der Waals surface area contributed by atoms with Gasteiger partial charge in [0.15, 0.2) is 0 Å². The first-order valence-corrected chi connectivity index (χ1v) is 9.61. The second-order valence-corrected chi connectivity index (χ2v) is 7.83. The molecule has 2 nitrogen and oxygen atoms in total. The Morgan fingerprint density at radius 3 is 2.21 bits per heavy atom. The maximum atomic E-state index is 13.4. The van der Waals surface area contributed by atoms with E-state index in [0.717, 1.165) is 37.8 Å². The maximum absolute atomic E-state index is 13.4. The van der Waals surface area contributed by atoms with Crippen molar-refractivity contribution in [2.75, 3.05) is 7.05 Å². The minimum atomic E-state index is -4.42. The Morgan fingerprint density at radius 2 is 1.61 bits per heavy atom. The summed E-state index contributed by atoms with van der Waals surface area (Å²) in [5.74, 6) is -0.385. The molecule has 2 heterocycles. The van der Waals surface area contributed by atoms with Crippen molar-refractivity contribution < 1.29 is 22.3 Å². The van der Waals surface area contributed by atoms with Crippen molar-refractivity contribution in [1.29, 1.82) is 0 Å². The third-order valence-corrected chi connectivity index (χ3v) is 6.07. The number of rotatable bonds is 4. The van der Waals surface area contributed by atoms with Crippen LogP contribution in [0.15, 0.2) is 48.5 Å². The number of hydrogen-bond donors (Lipinski definition) is 0. The topological polar surface area (TPSA) is 12.5 Å². The molecule has 150 valence electrons. The van der Waals surface area contributed by atoms with Gasteiger partial charge >= 0.3 is 6.18 Å². The summed E-state index contributed by atoms with van der Waals surface area (Å²) in [6.45, 7) is 0. The van der Waals surface area contributed by atoms with E-state index in [0.29, 0.717) is 23.2 Å². The fraction of sp³-hybridized carbons (Fsp3) is 0.455. The van der Waals surface area contributed by atoms with Crippen LogP contribution in [0.3, 0.4) is 0 Å². The molecule has 6 heteroatoms. The largest absolute Gasteiger partial charge is 0.416 e. The van der Waals surface area contributed by atoms with Crippen molar-refractivity contribution in [2.45, 2.75) is 56.2 Å². The first kappa shape index (κ1) is 19.4. The van der Waals surface area contributed by atoms with Crippen molar-refractivity contribution in [2.24, 2.45) is 0 Å². The van der Waals surface area contributed by atoms with E-state index in [2.05, 4.69) is 11.9 Å². The molecule has 2 bridgehead atoms. The molecule has 0 aliphatic carbocycles. The highest BCUT2D eigenvalue weighted by Crippen LogP contribution is 2.39. The fourth-order valence-corrected chi connectivity index (χ4v) is 4.53. The monoisotopic (exact) mass is 393 g/mol. The van der Waals surface area contributed by atoms with Gasteiger partial charge in [-0.05, 0) is 68.1 Å². The smallest absolute Gasteiger partial charge is 0.365 e. The molecule has 2 aromatic carbocycles. The van der Waals surface area contributed by atoms with Crippen LogP contribution in [0.25, 0.3) is 0 Å². The van der Waals surface area contributed by atoms with Gasteiger partial charge in [-0.1, -0.05) is 24.3 Å². The molecular weight excluding hydrogens is 370 g/mol. The highest BCUT2D eigenvalue weighted by Gasteiger charge is 2.40. The minimum absolute atomic E-state index is 0.0294. The van der Waals surface area contributed by atoms with Gasteiger partial charge in [0.2, 0.25) is 0 Å². The van der Waals surface area contributed by atoms with Gasteiger partial charge in [0, 0.05) is 12.1 Å². The molecule has 2 aliphatic rings. The summed E-state index contributed by atoms with van der Waals surface area (Å²) in [7, 11) is 2.13. The lowest BCUT2D eigenvalue weighted by Gasteiger charge is -2.38. The third-order valence-electron chi connectivity index (χ3n) is 6.07. The number of hydrogen-bond acceptors (Lipinski definition) is 2. The molecule has 0 amide bonds. The molecule has 4 atom stereocenters. The molecule has 2 fully saturated rings. The van der Waals surface area contributed by atoms with Crippen LogP contribution in [-0.2, 0) is 10.9 Å². The van der Waals surface area contributed by atoms with Gasteiger partial charge in [0.1, 0.15) is 11.9 Å². The lowest BCUT2D eigenvalue weighted by atomic mass is 9.96. The Kier molecular flexibility index (Phi) is 5.19. The molecule has 0 saturated carbocycles. The van der Waals surface area contributed by atoms with Crippen LogP contribution in [0.2, 0.25) is 0 Å². The van der Waals surface area contributed by atoms with Gasteiger partial charge in [-0.3, -0.25) is 0 Å². The second kappa shape index (κ2) is 7.48. The van der Waals surface area contributed by atoms with Crippen LogP contribution in [0, 0.1) is 5.82 Å². The lowest BCUT2D eigenvalue weighted by molar-refractivity contribution is -0.137. The summed E-state index contributed by atoms with van der Waals surface area (Å²) in [5, 5.41) is 0. The van der Waals surface area contributed by atoms with Crippen molar-refractivity contribution in [3.8, 4) is 0 Å². The van der Waals surface area contributed by atoms with Crippen LogP contribution >= 0.6 is 0 Å². The summed E-state index contributed by atoms with van der Waals surface area (Å²) in [4.78, 5) is 2.39. The zero-order chi connectivity index (χ0) is 19.9. The van der Waals surface area contributed by atoms with Crippen molar-refractivity contribution in [3.63, 3.8) is 0 Å². The zero-order valence-corrected chi connectivity index (χ0v) is 15.6. The second-order valence-electron chi connectivity index (χ2n) is 7.83. The van der Waals surface area contributed by atoms with Gasteiger partial charge < -0.3 is 9.64 Å². The molecule has 28 heavy (non-hydrogen) atoms. The standard InChI is InChI=1S/C22H23F4NO/c1-27-18-9-10-19(27)13-20(12-18)28-21(14-5-7-17(23)8-6-14)15-3-2-4-16(11-15)22(24,25)26/h2-8,11,18-21H,9-10,12-13H2,1H3/t18-,19+,20?,21?. The summed E-state index contributed by atoms with van der Waals surface area (Å²) >= 11 is 0. The van der Waals surface area contributed by atoms with E-state index < -0.39 is 17.8 Å². The van der Waals surface area contributed by atoms with Crippen molar-refractivity contribution >= 4 is 0 Å². The van der Waals surface area contributed by atoms with Gasteiger partial charge in [0.05, 0.1) is 11.7 Å². The highest BCUT2D eigenvalue weighted by molar-refractivity contribution is 5.34. The Labute approximate surface area is 162 Å². The van der Waals surface area contributed by atoms with Gasteiger partial charge in [-0.15, -0.1) is 0 Å². The minimum Gasteiger partial charge on any atom is -0.365 e. The van der Waals surface area contributed by atoms with E-state index in [1.54, 1.807) is 18.2 Å². The number of piperidine rings is 1.